The summed E-state index contributed by atoms with van der Waals surface area (Å²) >= 11 is 0. The van der Waals surface area contributed by atoms with Crippen LogP contribution < -0.4 is 10.6 Å². The van der Waals surface area contributed by atoms with E-state index < -0.39 is 52.0 Å². The molecule has 0 unspecified atom stereocenters. The van der Waals surface area contributed by atoms with Gasteiger partial charge in [0, 0.05) is 33.3 Å². The van der Waals surface area contributed by atoms with E-state index in [2.05, 4.69) is 10.6 Å². The molecule has 0 bridgehead atoms. The number of hydrogen-bond donors (Lipinski definition) is 5. The Kier molecular flexibility index (Phi) is 7.75. The topological polar surface area (TPSA) is 221 Å². The first kappa shape index (κ1) is 30.7. The molecule has 44 heavy (non-hydrogen) atoms. The van der Waals surface area contributed by atoms with E-state index in [9.17, 15) is 48.5 Å². The number of hydrogen-bond acceptors (Lipinski definition) is 8. The highest BCUT2D eigenvalue weighted by molar-refractivity contribution is 7.87. The first-order valence-corrected chi connectivity index (χ1v) is 16.6. The van der Waals surface area contributed by atoms with E-state index in [1.165, 1.54) is 72.8 Å². The molecule has 0 saturated heterocycles. The highest BCUT2D eigenvalue weighted by Crippen LogP contribution is 2.30. The van der Waals surface area contributed by atoms with Gasteiger partial charge in [0.1, 0.15) is 9.79 Å². The molecule has 0 radical (unpaired) electrons. The molecule has 0 aliphatic heterocycles. The standard InChI is InChI=1S/C28H20N2O11S3/c31-27(29-20-7-9-23-16(12-20)3-2-6-25(23)43(36,37)38)17-4-1-5-18(11-17)28(32)30-21-8-10-24-19(13-21)14-22(42(33,34)35)15-26(24)44(39,40)41/h1-15H,(H,29,31)(H,30,32)(H,33,34,35)(H,36,37,38)(H,39,40,41). The molecule has 5 rings (SSSR count). The molecule has 0 heterocycles. The van der Waals surface area contributed by atoms with E-state index in [4.69, 9.17) is 0 Å². The van der Waals surface area contributed by atoms with Crippen molar-refractivity contribution in [3.05, 3.63) is 102 Å². The minimum Gasteiger partial charge on any atom is -0.322 e. The van der Waals surface area contributed by atoms with Crippen LogP contribution in [0.1, 0.15) is 20.7 Å². The summed E-state index contributed by atoms with van der Waals surface area (Å²) in [4.78, 5) is 24.1. The molecule has 5 N–H and O–H groups in total. The zero-order valence-electron chi connectivity index (χ0n) is 22.0. The molecule has 5 aromatic rings. The molecule has 0 aliphatic carbocycles. The molecule has 0 saturated carbocycles. The number of benzene rings is 5. The highest BCUT2D eigenvalue weighted by atomic mass is 32.2. The molecule has 13 nitrogen and oxygen atoms in total. The maximum atomic E-state index is 13.0. The van der Waals surface area contributed by atoms with Crippen LogP contribution in [0.25, 0.3) is 21.5 Å². The Bertz CT molecular complexity index is 2350. The van der Waals surface area contributed by atoms with Crippen molar-refractivity contribution in [2.24, 2.45) is 0 Å². The Balaban J connectivity index is 1.39. The minimum absolute atomic E-state index is 0.0298. The SMILES string of the molecule is O=C(Nc1ccc2c(S(=O)(=O)O)cccc2c1)c1cccc(C(=O)Nc2ccc3c(S(=O)(=O)O)cc(S(=O)(=O)O)cc3c2)c1. The maximum Gasteiger partial charge on any atom is 0.295 e. The Morgan fingerprint density at radius 1 is 0.500 bits per heavy atom. The van der Waals surface area contributed by atoms with Crippen molar-refractivity contribution in [2.75, 3.05) is 10.6 Å². The van der Waals surface area contributed by atoms with Crippen LogP contribution in [0.4, 0.5) is 11.4 Å². The average molecular weight is 657 g/mol. The molecule has 0 atom stereocenters. The number of fused-ring (bicyclic) bond motifs is 2. The van der Waals surface area contributed by atoms with Gasteiger partial charge in [-0.05, 0) is 71.4 Å². The fourth-order valence-corrected chi connectivity index (χ4v) is 6.58. The van der Waals surface area contributed by atoms with Crippen LogP contribution in [0.15, 0.2) is 106 Å². The van der Waals surface area contributed by atoms with Crippen LogP contribution in [0.5, 0.6) is 0 Å². The van der Waals surface area contributed by atoms with Crippen molar-refractivity contribution in [3.63, 3.8) is 0 Å². The van der Waals surface area contributed by atoms with E-state index in [-0.39, 0.29) is 37.9 Å². The second kappa shape index (κ2) is 11.1. The number of nitrogens with one attached hydrogen (secondary N) is 2. The van der Waals surface area contributed by atoms with Gasteiger partial charge >= 0.3 is 0 Å². The number of amides is 2. The Labute approximate surface area is 250 Å². The van der Waals surface area contributed by atoms with Gasteiger partial charge in [-0.1, -0.05) is 30.3 Å². The predicted molar refractivity (Wildman–Crippen MR) is 160 cm³/mol. The van der Waals surface area contributed by atoms with Gasteiger partial charge < -0.3 is 10.6 Å². The van der Waals surface area contributed by atoms with Crippen molar-refractivity contribution < 1.29 is 48.5 Å². The molecular weight excluding hydrogens is 637 g/mol. The largest absolute Gasteiger partial charge is 0.322 e. The van der Waals surface area contributed by atoms with Gasteiger partial charge in [-0.25, -0.2) is 0 Å². The van der Waals surface area contributed by atoms with Gasteiger partial charge in [-0.3, -0.25) is 23.2 Å². The lowest BCUT2D eigenvalue weighted by atomic mass is 10.1. The van der Waals surface area contributed by atoms with Crippen LogP contribution in [-0.2, 0) is 30.4 Å². The quantitative estimate of drug-likeness (QED) is 0.156. The summed E-state index contributed by atoms with van der Waals surface area (Å²) in [5, 5.41) is 5.81. The number of anilines is 2. The third kappa shape index (κ3) is 6.45. The summed E-state index contributed by atoms with van der Waals surface area (Å²) in [7, 11) is -14.2. The van der Waals surface area contributed by atoms with Gasteiger partial charge in [-0.2, -0.15) is 25.3 Å². The van der Waals surface area contributed by atoms with Crippen molar-refractivity contribution in [1.82, 2.24) is 0 Å². The normalized spacial score (nSPS) is 12.2. The fraction of sp³-hybridized carbons (Fsp3) is 0. The predicted octanol–water partition coefficient (Wildman–Crippen LogP) is 4.24. The molecule has 16 heteroatoms. The molecule has 0 spiro atoms. The summed E-state index contributed by atoms with van der Waals surface area (Å²) < 4.78 is 98.7. The molecular formula is C28H20N2O11S3. The second-order valence-electron chi connectivity index (χ2n) is 9.46. The van der Waals surface area contributed by atoms with E-state index >= 15 is 0 Å². The van der Waals surface area contributed by atoms with Gasteiger partial charge in [0.25, 0.3) is 42.2 Å². The second-order valence-corrected chi connectivity index (χ2v) is 13.7. The lowest BCUT2D eigenvalue weighted by Gasteiger charge is -2.11. The molecule has 0 fully saturated rings. The van der Waals surface area contributed by atoms with E-state index in [1.54, 1.807) is 6.07 Å². The minimum atomic E-state index is -4.88. The molecule has 0 aromatic heterocycles. The van der Waals surface area contributed by atoms with Crippen LogP contribution in [0.3, 0.4) is 0 Å². The lowest BCUT2D eigenvalue weighted by molar-refractivity contribution is 0.102. The Morgan fingerprint density at radius 2 is 1.00 bits per heavy atom. The first-order chi connectivity index (χ1) is 20.5. The fourth-order valence-electron chi connectivity index (χ4n) is 4.51. The summed E-state index contributed by atoms with van der Waals surface area (Å²) in [6.07, 6.45) is 0. The Hall–Kier alpha value is -4.71. The number of rotatable bonds is 7. The smallest absolute Gasteiger partial charge is 0.295 e. The van der Waals surface area contributed by atoms with E-state index in [0.717, 1.165) is 6.07 Å². The van der Waals surface area contributed by atoms with Crippen molar-refractivity contribution >= 4 is 75.1 Å². The third-order valence-electron chi connectivity index (χ3n) is 6.48. The van der Waals surface area contributed by atoms with Crippen LogP contribution >= 0.6 is 0 Å². The summed E-state index contributed by atoms with van der Waals surface area (Å²) in [5.41, 5.74) is 0.569. The van der Waals surface area contributed by atoms with E-state index in [1.807, 2.05) is 0 Å². The van der Waals surface area contributed by atoms with Crippen LogP contribution in [0.2, 0.25) is 0 Å². The zero-order valence-corrected chi connectivity index (χ0v) is 24.4. The van der Waals surface area contributed by atoms with Crippen molar-refractivity contribution in [1.29, 1.82) is 0 Å². The van der Waals surface area contributed by atoms with Crippen LogP contribution in [0, 0.1) is 0 Å². The van der Waals surface area contributed by atoms with Gasteiger partial charge in [0.2, 0.25) is 0 Å². The monoisotopic (exact) mass is 656 g/mol. The Morgan fingerprint density at radius 3 is 1.52 bits per heavy atom. The van der Waals surface area contributed by atoms with Crippen molar-refractivity contribution in [2.45, 2.75) is 14.7 Å². The van der Waals surface area contributed by atoms with Gasteiger partial charge in [0.15, 0.2) is 0 Å². The zero-order chi connectivity index (χ0) is 32.0. The van der Waals surface area contributed by atoms with Gasteiger partial charge in [0.05, 0.1) is 4.90 Å². The summed E-state index contributed by atoms with van der Waals surface area (Å²) in [5.74, 6) is -1.27. The van der Waals surface area contributed by atoms with Gasteiger partial charge in [-0.15, -0.1) is 0 Å². The molecule has 226 valence electrons. The molecule has 2 amide bonds. The highest BCUT2D eigenvalue weighted by Gasteiger charge is 2.21. The number of carbonyl (C=O) groups is 2. The molecule has 5 aromatic carbocycles. The summed E-state index contributed by atoms with van der Waals surface area (Å²) in [6.45, 7) is 0. The first-order valence-electron chi connectivity index (χ1n) is 12.3. The van der Waals surface area contributed by atoms with E-state index in [0.29, 0.717) is 17.1 Å². The summed E-state index contributed by atoms with van der Waals surface area (Å²) in [6, 6.07) is 19.7. The molecule has 0 aliphatic rings. The third-order valence-corrected chi connectivity index (χ3v) is 9.12. The average Bonchev–Trinajstić information content (AvgIpc) is 2.94. The maximum absolute atomic E-state index is 13.0. The number of carbonyl (C=O) groups excluding carboxylic acids is 2. The van der Waals surface area contributed by atoms with Crippen molar-refractivity contribution in [3.8, 4) is 0 Å². The lowest BCUT2D eigenvalue weighted by Crippen LogP contribution is -2.15. The van der Waals surface area contributed by atoms with Crippen LogP contribution in [-0.4, -0.2) is 50.7 Å².